The van der Waals surface area contributed by atoms with Gasteiger partial charge in [-0.2, -0.15) is 5.10 Å². The summed E-state index contributed by atoms with van der Waals surface area (Å²) in [6, 6.07) is 4.98. The largest absolute Gasteiger partial charge is 0.325 e. The van der Waals surface area contributed by atoms with Crippen molar-refractivity contribution in [3.63, 3.8) is 0 Å². The van der Waals surface area contributed by atoms with Crippen LogP contribution in [0.2, 0.25) is 0 Å². The Morgan fingerprint density at radius 1 is 1.47 bits per heavy atom. The molecule has 2 rings (SSSR count). The number of nitrogens with two attached hydrogens (primary N) is 1. The molecular formula is C11H12FN3. The lowest BCUT2D eigenvalue weighted by Gasteiger charge is -2.03. The number of H-pyrrole nitrogens is 1. The average Bonchev–Trinajstić information content (AvgIpc) is 2.70. The van der Waals surface area contributed by atoms with Crippen LogP contribution < -0.4 is 5.73 Å². The van der Waals surface area contributed by atoms with Gasteiger partial charge in [-0.15, -0.1) is 0 Å². The molecular weight excluding hydrogens is 193 g/mol. The first-order chi connectivity index (χ1) is 7.22. The van der Waals surface area contributed by atoms with Crippen LogP contribution in [0.25, 0.3) is 11.1 Å². The van der Waals surface area contributed by atoms with Gasteiger partial charge in [-0.05, 0) is 30.2 Å². The number of benzene rings is 1. The van der Waals surface area contributed by atoms with Crippen molar-refractivity contribution in [2.75, 3.05) is 0 Å². The van der Waals surface area contributed by atoms with Gasteiger partial charge in [0.05, 0.1) is 11.9 Å². The van der Waals surface area contributed by atoms with Crippen LogP contribution in [0, 0.1) is 12.7 Å². The summed E-state index contributed by atoms with van der Waals surface area (Å²) in [6.07, 6.45) is 1.70. The number of aromatic amines is 1. The average molecular weight is 205 g/mol. The van der Waals surface area contributed by atoms with Crippen molar-refractivity contribution in [1.29, 1.82) is 0 Å². The Kier molecular flexibility index (Phi) is 2.51. The molecule has 3 nitrogen and oxygen atoms in total. The topological polar surface area (TPSA) is 54.7 Å². The third kappa shape index (κ3) is 1.76. The zero-order valence-corrected chi connectivity index (χ0v) is 8.42. The standard InChI is InChI=1S/C11H12FN3/c1-7-4-8(2-3-10(7)12)9-6-14-15-11(9)5-13/h2-4,6H,5,13H2,1H3,(H,14,15). The van der Waals surface area contributed by atoms with Crippen LogP contribution in [0.4, 0.5) is 4.39 Å². The fraction of sp³-hybridized carbons (Fsp3) is 0.182. The Balaban J connectivity index is 2.50. The van der Waals surface area contributed by atoms with Gasteiger partial charge in [0.1, 0.15) is 5.82 Å². The van der Waals surface area contributed by atoms with Gasteiger partial charge in [0.25, 0.3) is 0 Å². The van der Waals surface area contributed by atoms with Gasteiger partial charge in [-0.3, -0.25) is 5.10 Å². The molecule has 0 amide bonds. The normalized spacial score (nSPS) is 10.6. The van der Waals surface area contributed by atoms with E-state index in [-0.39, 0.29) is 5.82 Å². The summed E-state index contributed by atoms with van der Waals surface area (Å²) in [4.78, 5) is 0. The molecule has 2 aromatic rings. The van der Waals surface area contributed by atoms with Gasteiger partial charge in [-0.1, -0.05) is 6.07 Å². The lowest BCUT2D eigenvalue weighted by Crippen LogP contribution is -1.98. The van der Waals surface area contributed by atoms with Crippen LogP contribution in [-0.4, -0.2) is 10.2 Å². The molecule has 0 unspecified atom stereocenters. The van der Waals surface area contributed by atoms with E-state index in [0.29, 0.717) is 12.1 Å². The van der Waals surface area contributed by atoms with Crippen molar-refractivity contribution in [2.45, 2.75) is 13.5 Å². The van der Waals surface area contributed by atoms with Gasteiger partial charge in [0.2, 0.25) is 0 Å². The number of nitrogens with one attached hydrogen (secondary N) is 1. The Bertz CT molecular complexity index is 476. The van der Waals surface area contributed by atoms with Crippen LogP contribution in [0.1, 0.15) is 11.3 Å². The summed E-state index contributed by atoms with van der Waals surface area (Å²) in [6.45, 7) is 2.13. The minimum atomic E-state index is -0.198. The molecule has 0 bridgehead atoms. The predicted octanol–water partition coefficient (Wildman–Crippen LogP) is 1.98. The van der Waals surface area contributed by atoms with E-state index in [1.807, 2.05) is 0 Å². The second-order valence-corrected chi connectivity index (χ2v) is 3.43. The highest BCUT2D eigenvalue weighted by Gasteiger charge is 2.07. The van der Waals surface area contributed by atoms with Gasteiger partial charge in [0, 0.05) is 12.1 Å². The predicted molar refractivity (Wildman–Crippen MR) is 56.6 cm³/mol. The fourth-order valence-electron chi connectivity index (χ4n) is 1.53. The first kappa shape index (κ1) is 9.86. The van der Waals surface area contributed by atoms with Crippen LogP contribution in [0.3, 0.4) is 0 Å². The first-order valence-corrected chi connectivity index (χ1v) is 4.71. The van der Waals surface area contributed by atoms with E-state index < -0.39 is 0 Å². The van der Waals surface area contributed by atoms with Crippen LogP contribution >= 0.6 is 0 Å². The lowest BCUT2D eigenvalue weighted by molar-refractivity contribution is 0.619. The van der Waals surface area contributed by atoms with Crippen molar-refractivity contribution in [3.8, 4) is 11.1 Å². The Labute approximate surface area is 87.1 Å². The number of rotatable bonds is 2. The van der Waals surface area contributed by atoms with Crippen LogP contribution in [0.5, 0.6) is 0 Å². The highest BCUT2D eigenvalue weighted by Crippen LogP contribution is 2.23. The second-order valence-electron chi connectivity index (χ2n) is 3.43. The third-order valence-electron chi connectivity index (χ3n) is 2.39. The fourth-order valence-corrected chi connectivity index (χ4v) is 1.53. The number of nitrogens with zero attached hydrogens (tertiary/aromatic N) is 1. The van der Waals surface area contributed by atoms with Gasteiger partial charge < -0.3 is 5.73 Å². The van der Waals surface area contributed by atoms with Crippen LogP contribution in [-0.2, 0) is 6.54 Å². The summed E-state index contributed by atoms with van der Waals surface area (Å²) in [5.74, 6) is -0.198. The minimum Gasteiger partial charge on any atom is -0.325 e. The maximum atomic E-state index is 13.1. The van der Waals surface area contributed by atoms with Crippen molar-refractivity contribution >= 4 is 0 Å². The van der Waals surface area contributed by atoms with Gasteiger partial charge >= 0.3 is 0 Å². The molecule has 0 saturated carbocycles. The number of halogens is 1. The third-order valence-corrected chi connectivity index (χ3v) is 2.39. The number of hydrogen-bond donors (Lipinski definition) is 2. The maximum absolute atomic E-state index is 13.1. The molecule has 1 aromatic heterocycles. The maximum Gasteiger partial charge on any atom is 0.126 e. The van der Waals surface area contributed by atoms with E-state index >= 15 is 0 Å². The Hall–Kier alpha value is -1.68. The molecule has 0 radical (unpaired) electrons. The molecule has 0 saturated heterocycles. The Morgan fingerprint density at radius 2 is 2.27 bits per heavy atom. The first-order valence-electron chi connectivity index (χ1n) is 4.71. The molecule has 78 valence electrons. The molecule has 0 fully saturated rings. The highest BCUT2D eigenvalue weighted by molar-refractivity contribution is 5.65. The number of hydrogen-bond acceptors (Lipinski definition) is 2. The number of aryl methyl sites for hydroxylation is 1. The summed E-state index contributed by atoms with van der Waals surface area (Å²) >= 11 is 0. The minimum absolute atomic E-state index is 0.198. The van der Waals surface area contributed by atoms with E-state index in [0.717, 1.165) is 16.8 Å². The van der Waals surface area contributed by atoms with Crippen molar-refractivity contribution in [3.05, 3.63) is 41.5 Å². The van der Waals surface area contributed by atoms with Crippen LogP contribution in [0.15, 0.2) is 24.4 Å². The molecule has 0 aliphatic carbocycles. The summed E-state index contributed by atoms with van der Waals surface area (Å²) in [5, 5.41) is 6.74. The van der Waals surface area contributed by atoms with Crippen molar-refractivity contribution in [2.24, 2.45) is 5.73 Å². The van der Waals surface area contributed by atoms with E-state index in [4.69, 9.17) is 5.73 Å². The zero-order chi connectivity index (χ0) is 10.8. The Morgan fingerprint density at radius 3 is 2.93 bits per heavy atom. The summed E-state index contributed by atoms with van der Waals surface area (Å²) in [5.41, 5.74) is 8.90. The zero-order valence-electron chi connectivity index (χ0n) is 8.42. The van der Waals surface area contributed by atoms with E-state index in [2.05, 4.69) is 10.2 Å². The van der Waals surface area contributed by atoms with E-state index in [1.165, 1.54) is 6.07 Å². The molecule has 0 aliphatic heterocycles. The molecule has 0 spiro atoms. The molecule has 1 aromatic carbocycles. The molecule has 4 heteroatoms. The SMILES string of the molecule is Cc1cc(-c2cn[nH]c2CN)ccc1F. The van der Waals surface area contributed by atoms with E-state index in [1.54, 1.807) is 25.3 Å². The lowest BCUT2D eigenvalue weighted by atomic mass is 10.0. The van der Waals surface area contributed by atoms with Gasteiger partial charge in [0.15, 0.2) is 0 Å². The van der Waals surface area contributed by atoms with E-state index in [9.17, 15) is 4.39 Å². The summed E-state index contributed by atoms with van der Waals surface area (Å²) in [7, 11) is 0. The quantitative estimate of drug-likeness (QED) is 0.787. The second kappa shape index (κ2) is 3.82. The molecule has 3 N–H and O–H groups in total. The van der Waals surface area contributed by atoms with Gasteiger partial charge in [-0.25, -0.2) is 4.39 Å². The smallest absolute Gasteiger partial charge is 0.126 e. The number of aromatic nitrogens is 2. The van der Waals surface area contributed by atoms with Crippen molar-refractivity contribution < 1.29 is 4.39 Å². The molecule has 15 heavy (non-hydrogen) atoms. The molecule has 1 heterocycles. The van der Waals surface area contributed by atoms with Crippen molar-refractivity contribution in [1.82, 2.24) is 10.2 Å². The highest BCUT2D eigenvalue weighted by atomic mass is 19.1. The summed E-state index contributed by atoms with van der Waals surface area (Å²) < 4.78 is 13.1. The molecule has 0 atom stereocenters. The molecule has 0 aliphatic rings. The monoisotopic (exact) mass is 205 g/mol.